The molecule has 4 heteroatoms. The molecular weight excluding hydrogens is 236 g/mol. The molecule has 0 saturated carbocycles. The molecule has 2 rings (SSSR count). The second-order valence-corrected chi connectivity index (χ2v) is 4.90. The van der Waals surface area contributed by atoms with Crippen LogP contribution in [0.1, 0.15) is 30.9 Å². The van der Waals surface area contributed by atoms with E-state index in [4.69, 9.17) is 5.73 Å². The van der Waals surface area contributed by atoms with Gasteiger partial charge in [0.05, 0.1) is 0 Å². The Morgan fingerprint density at radius 1 is 1.21 bits per heavy atom. The summed E-state index contributed by atoms with van der Waals surface area (Å²) in [7, 11) is 1.96. The SMILES string of the molecule is CC(C)c1cnc(N(C)c2cccc(CN)c2)nc1. The van der Waals surface area contributed by atoms with Gasteiger partial charge in [-0.25, -0.2) is 9.97 Å². The Balaban J connectivity index is 2.25. The van der Waals surface area contributed by atoms with Crippen LogP contribution in [0.5, 0.6) is 0 Å². The topological polar surface area (TPSA) is 55.0 Å². The van der Waals surface area contributed by atoms with Crippen LogP contribution < -0.4 is 10.6 Å². The molecule has 0 fully saturated rings. The normalized spacial score (nSPS) is 10.8. The van der Waals surface area contributed by atoms with Gasteiger partial charge in [-0.15, -0.1) is 0 Å². The summed E-state index contributed by atoms with van der Waals surface area (Å²) in [6.45, 7) is 4.80. The molecule has 0 aliphatic carbocycles. The van der Waals surface area contributed by atoms with E-state index >= 15 is 0 Å². The highest BCUT2D eigenvalue weighted by molar-refractivity contribution is 5.57. The maximum Gasteiger partial charge on any atom is 0.229 e. The Hall–Kier alpha value is -1.94. The summed E-state index contributed by atoms with van der Waals surface area (Å²) < 4.78 is 0. The van der Waals surface area contributed by atoms with Crippen LogP contribution >= 0.6 is 0 Å². The van der Waals surface area contributed by atoms with E-state index in [-0.39, 0.29) is 0 Å². The summed E-state index contributed by atoms with van der Waals surface area (Å²) in [4.78, 5) is 10.8. The van der Waals surface area contributed by atoms with Gasteiger partial charge in [0.25, 0.3) is 0 Å². The molecule has 0 saturated heterocycles. The quantitative estimate of drug-likeness (QED) is 0.914. The van der Waals surface area contributed by atoms with Gasteiger partial charge in [-0.2, -0.15) is 0 Å². The highest BCUT2D eigenvalue weighted by Crippen LogP contribution is 2.21. The molecular formula is C15H20N4. The Bertz CT molecular complexity index is 534. The van der Waals surface area contributed by atoms with Crippen LogP contribution in [0.3, 0.4) is 0 Å². The van der Waals surface area contributed by atoms with E-state index in [0.717, 1.165) is 16.8 Å². The van der Waals surface area contributed by atoms with Gasteiger partial charge < -0.3 is 10.6 Å². The zero-order chi connectivity index (χ0) is 13.8. The molecule has 100 valence electrons. The van der Waals surface area contributed by atoms with E-state index in [0.29, 0.717) is 18.4 Å². The van der Waals surface area contributed by atoms with Crippen LogP contribution in [0.2, 0.25) is 0 Å². The third-order valence-electron chi connectivity index (χ3n) is 3.16. The second-order valence-electron chi connectivity index (χ2n) is 4.90. The van der Waals surface area contributed by atoms with Gasteiger partial charge in [-0.05, 0) is 29.2 Å². The van der Waals surface area contributed by atoms with E-state index < -0.39 is 0 Å². The highest BCUT2D eigenvalue weighted by Gasteiger charge is 2.08. The monoisotopic (exact) mass is 256 g/mol. The van der Waals surface area contributed by atoms with Gasteiger partial charge in [0.15, 0.2) is 0 Å². The molecule has 2 N–H and O–H groups in total. The van der Waals surface area contributed by atoms with Crippen LogP contribution in [0.15, 0.2) is 36.7 Å². The fourth-order valence-electron chi connectivity index (χ4n) is 1.81. The lowest BCUT2D eigenvalue weighted by atomic mass is 10.1. The van der Waals surface area contributed by atoms with Crippen LogP contribution in [-0.2, 0) is 6.54 Å². The van der Waals surface area contributed by atoms with Crippen LogP contribution in [0.4, 0.5) is 11.6 Å². The molecule has 0 unspecified atom stereocenters. The number of benzene rings is 1. The minimum absolute atomic E-state index is 0.444. The van der Waals surface area contributed by atoms with E-state index in [1.165, 1.54) is 0 Å². The molecule has 1 aromatic heterocycles. The predicted molar refractivity (Wildman–Crippen MR) is 78.5 cm³/mol. The maximum atomic E-state index is 5.66. The highest BCUT2D eigenvalue weighted by atomic mass is 15.2. The first-order chi connectivity index (χ1) is 9.11. The second kappa shape index (κ2) is 5.80. The molecule has 1 heterocycles. The first-order valence-corrected chi connectivity index (χ1v) is 6.46. The number of rotatable bonds is 4. The molecule has 19 heavy (non-hydrogen) atoms. The van der Waals surface area contributed by atoms with Crippen LogP contribution in [0.25, 0.3) is 0 Å². The molecule has 0 atom stereocenters. The van der Waals surface area contributed by atoms with Gasteiger partial charge in [0, 0.05) is 31.7 Å². The van der Waals surface area contributed by atoms with Crippen molar-refractivity contribution < 1.29 is 0 Å². The molecule has 0 amide bonds. The summed E-state index contributed by atoms with van der Waals surface area (Å²) in [6.07, 6.45) is 3.77. The fraction of sp³-hybridized carbons (Fsp3) is 0.333. The van der Waals surface area contributed by atoms with Gasteiger partial charge >= 0.3 is 0 Å². The van der Waals surface area contributed by atoms with Gasteiger partial charge in [-0.3, -0.25) is 0 Å². The number of anilines is 2. The van der Waals surface area contributed by atoms with Crippen LogP contribution in [0, 0.1) is 0 Å². The van der Waals surface area contributed by atoms with Gasteiger partial charge in [-0.1, -0.05) is 26.0 Å². The summed E-state index contributed by atoms with van der Waals surface area (Å²) in [5.41, 5.74) is 8.95. The van der Waals surface area contributed by atoms with Crippen molar-refractivity contribution in [3.63, 3.8) is 0 Å². The predicted octanol–water partition coefficient (Wildman–Crippen LogP) is 2.83. The number of hydrogen-bond donors (Lipinski definition) is 1. The minimum Gasteiger partial charge on any atom is -0.326 e. The van der Waals surface area contributed by atoms with Gasteiger partial charge in [0.2, 0.25) is 5.95 Å². The van der Waals surface area contributed by atoms with Crippen molar-refractivity contribution in [2.24, 2.45) is 5.73 Å². The summed E-state index contributed by atoms with van der Waals surface area (Å²) >= 11 is 0. The molecule has 2 aromatic rings. The largest absolute Gasteiger partial charge is 0.326 e. The lowest BCUT2D eigenvalue weighted by Crippen LogP contribution is -2.13. The number of hydrogen-bond acceptors (Lipinski definition) is 4. The zero-order valence-electron chi connectivity index (χ0n) is 11.7. The van der Waals surface area contributed by atoms with Crippen molar-refractivity contribution in [3.05, 3.63) is 47.8 Å². The van der Waals surface area contributed by atoms with Crippen molar-refractivity contribution in [3.8, 4) is 0 Å². The molecule has 1 aromatic carbocycles. The van der Waals surface area contributed by atoms with E-state index in [1.807, 2.05) is 42.5 Å². The molecule has 0 bridgehead atoms. The summed E-state index contributed by atoms with van der Waals surface area (Å²) in [5, 5.41) is 0. The number of aromatic nitrogens is 2. The maximum absolute atomic E-state index is 5.66. The average molecular weight is 256 g/mol. The molecule has 0 radical (unpaired) electrons. The van der Waals surface area contributed by atoms with E-state index in [1.54, 1.807) is 0 Å². The standard InChI is InChI=1S/C15H20N4/c1-11(2)13-9-17-15(18-10-13)19(3)14-6-4-5-12(7-14)8-16/h4-7,9-11H,8,16H2,1-3H3. The molecule has 0 spiro atoms. The number of nitrogens with zero attached hydrogens (tertiary/aromatic N) is 3. The van der Waals surface area contributed by atoms with E-state index in [9.17, 15) is 0 Å². The first kappa shape index (κ1) is 13.5. The first-order valence-electron chi connectivity index (χ1n) is 6.46. The molecule has 4 nitrogen and oxygen atoms in total. The summed E-state index contributed by atoms with van der Waals surface area (Å²) in [5.74, 6) is 1.14. The minimum atomic E-state index is 0.444. The smallest absolute Gasteiger partial charge is 0.229 e. The third kappa shape index (κ3) is 3.09. The zero-order valence-corrected chi connectivity index (χ0v) is 11.7. The Labute approximate surface area is 114 Å². The van der Waals surface area contributed by atoms with Crippen molar-refractivity contribution in [1.29, 1.82) is 0 Å². The average Bonchev–Trinajstić information content (AvgIpc) is 2.46. The third-order valence-corrected chi connectivity index (χ3v) is 3.16. The number of nitrogens with two attached hydrogens (primary N) is 1. The van der Waals surface area contributed by atoms with Crippen LogP contribution in [-0.4, -0.2) is 17.0 Å². The molecule has 0 aliphatic rings. The Morgan fingerprint density at radius 2 is 1.89 bits per heavy atom. The van der Waals surface area contributed by atoms with Crippen molar-refractivity contribution in [2.75, 3.05) is 11.9 Å². The van der Waals surface area contributed by atoms with Crippen molar-refractivity contribution in [1.82, 2.24) is 9.97 Å². The van der Waals surface area contributed by atoms with Crippen molar-refractivity contribution in [2.45, 2.75) is 26.3 Å². The molecule has 0 aliphatic heterocycles. The van der Waals surface area contributed by atoms with E-state index in [2.05, 4.69) is 29.9 Å². The lowest BCUT2D eigenvalue weighted by Gasteiger charge is -2.18. The summed E-state index contributed by atoms with van der Waals surface area (Å²) in [6, 6.07) is 8.09. The fourth-order valence-corrected chi connectivity index (χ4v) is 1.81. The Kier molecular flexibility index (Phi) is 4.12. The van der Waals surface area contributed by atoms with Crippen molar-refractivity contribution >= 4 is 11.6 Å². The Morgan fingerprint density at radius 3 is 2.47 bits per heavy atom. The lowest BCUT2D eigenvalue weighted by molar-refractivity contribution is 0.842. The van der Waals surface area contributed by atoms with Gasteiger partial charge in [0.1, 0.15) is 0 Å².